The lowest BCUT2D eigenvalue weighted by molar-refractivity contribution is 0.252. The largest absolute Gasteiger partial charge is 0.338 e. The van der Waals surface area contributed by atoms with Gasteiger partial charge in [0.15, 0.2) is 0 Å². The van der Waals surface area contributed by atoms with E-state index in [-0.39, 0.29) is 10.7 Å². The number of anilines is 1. The summed E-state index contributed by atoms with van der Waals surface area (Å²) in [5.74, 6) is -0.348. The highest BCUT2D eigenvalue weighted by Gasteiger charge is 2.09. The van der Waals surface area contributed by atoms with Gasteiger partial charge in [-0.1, -0.05) is 12.1 Å². The van der Waals surface area contributed by atoms with E-state index in [0.717, 1.165) is 5.56 Å². The van der Waals surface area contributed by atoms with Gasteiger partial charge >= 0.3 is 6.03 Å². The van der Waals surface area contributed by atoms with Crippen LogP contribution in [0.5, 0.6) is 0 Å². The maximum atomic E-state index is 13.1. The molecule has 0 radical (unpaired) electrons. The number of carbonyl (C=O) groups excluding carboxylic acids is 1. The molecule has 0 heterocycles. The summed E-state index contributed by atoms with van der Waals surface area (Å²) in [6, 6.07) is 9.77. The molecule has 24 heavy (non-hydrogen) atoms. The van der Waals surface area contributed by atoms with Crippen molar-refractivity contribution in [1.29, 1.82) is 0 Å². The van der Waals surface area contributed by atoms with Gasteiger partial charge in [0.25, 0.3) is 0 Å². The van der Waals surface area contributed by atoms with Crippen molar-refractivity contribution in [3.05, 3.63) is 58.3 Å². The van der Waals surface area contributed by atoms with Crippen molar-refractivity contribution in [2.45, 2.75) is 11.3 Å². The van der Waals surface area contributed by atoms with Gasteiger partial charge in [0.2, 0.25) is 10.0 Å². The standard InChI is InChI=1S/C15H15BrFN3O3S/c16-13-8-10(4-5-14(13)17)6-7-19-15(21)20-11-2-1-3-12(9-11)24(18,22)23/h1-5,8-9H,6-7H2,(H2,18,22,23)(H2,19,20,21). The molecule has 0 aliphatic carbocycles. The van der Waals surface area contributed by atoms with Crippen LogP contribution in [0.3, 0.4) is 0 Å². The van der Waals surface area contributed by atoms with E-state index in [1.165, 1.54) is 24.3 Å². The fourth-order valence-electron chi connectivity index (χ4n) is 1.94. The van der Waals surface area contributed by atoms with Crippen molar-refractivity contribution in [1.82, 2.24) is 5.32 Å². The second-order valence-corrected chi connectivity index (χ2v) is 7.37. The predicted molar refractivity (Wildman–Crippen MR) is 92.6 cm³/mol. The smallest absolute Gasteiger partial charge is 0.319 e. The first-order valence-electron chi connectivity index (χ1n) is 6.87. The predicted octanol–water partition coefficient (Wildman–Crippen LogP) is 2.60. The number of primary sulfonamides is 1. The van der Waals surface area contributed by atoms with E-state index in [0.29, 0.717) is 23.1 Å². The molecule has 2 aromatic rings. The first kappa shape index (κ1) is 18.4. The summed E-state index contributed by atoms with van der Waals surface area (Å²) in [6.07, 6.45) is 0.517. The topological polar surface area (TPSA) is 101 Å². The van der Waals surface area contributed by atoms with Gasteiger partial charge in [-0.15, -0.1) is 0 Å². The summed E-state index contributed by atoms with van der Waals surface area (Å²) >= 11 is 3.10. The Morgan fingerprint density at radius 3 is 2.62 bits per heavy atom. The van der Waals surface area contributed by atoms with Crippen LogP contribution < -0.4 is 15.8 Å². The van der Waals surface area contributed by atoms with E-state index in [1.807, 2.05) is 0 Å². The number of halogens is 2. The molecule has 0 aliphatic heterocycles. The highest BCUT2D eigenvalue weighted by molar-refractivity contribution is 9.10. The minimum atomic E-state index is -3.83. The van der Waals surface area contributed by atoms with Gasteiger partial charge in [-0.25, -0.2) is 22.7 Å². The lowest BCUT2D eigenvalue weighted by atomic mass is 10.1. The second-order valence-electron chi connectivity index (χ2n) is 4.95. The highest BCUT2D eigenvalue weighted by atomic mass is 79.9. The van der Waals surface area contributed by atoms with Gasteiger partial charge in [0, 0.05) is 12.2 Å². The van der Waals surface area contributed by atoms with E-state index in [2.05, 4.69) is 26.6 Å². The Balaban J connectivity index is 1.88. The Morgan fingerprint density at radius 2 is 1.96 bits per heavy atom. The van der Waals surface area contributed by atoms with Crippen molar-refractivity contribution in [2.75, 3.05) is 11.9 Å². The van der Waals surface area contributed by atoms with Crippen molar-refractivity contribution < 1.29 is 17.6 Å². The molecule has 9 heteroatoms. The average molecular weight is 416 g/mol. The minimum absolute atomic E-state index is 0.0866. The first-order valence-corrected chi connectivity index (χ1v) is 9.21. The molecule has 2 rings (SSSR count). The van der Waals surface area contributed by atoms with Gasteiger partial charge in [-0.3, -0.25) is 0 Å². The molecule has 2 aromatic carbocycles. The number of amides is 2. The molecule has 0 unspecified atom stereocenters. The van der Waals surface area contributed by atoms with E-state index in [9.17, 15) is 17.6 Å². The number of nitrogens with two attached hydrogens (primary N) is 1. The van der Waals surface area contributed by atoms with Crippen LogP contribution in [-0.2, 0) is 16.4 Å². The lowest BCUT2D eigenvalue weighted by Gasteiger charge is -2.09. The van der Waals surface area contributed by atoms with E-state index in [4.69, 9.17) is 5.14 Å². The van der Waals surface area contributed by atoms with Crippen LogP contribution >= 0.6 is 15.9 Å². The summed E-state index contributed by atoms with van der Waals surface area (Å²) < 4.78 is 36.0. The Kier molecular flexibility index (Phi) is 5.92. The molecule has 2 amide bonds. The summed E-state index contributed by atoms with van der Waals surface area (Å²) in [5.41, 5.74) is 1.17. The molecular formula is C15H15BrFN3O3S. The Hall–Kier alpha value is -1.97. The van der Waals surface area contributed by atoms with Crippen LogP contribution in [0.1, 0.15) is 5.56 Å². The van der Waals surface area contributed by atoms with E-state index in [1.54, 1.807) is 18.2 Å². The van der Waals surface area contributed by atoms with Crippen LogP contribution in [0.25, 0.3) is 0 Å². The number of rotatable bonds is 5. The zero-order valence-electron chi connectivity index (χ0n) is 12.4. The summed E-state index contributed by atoms with van der Waals surface area (Å²) in [6.45, 7) is 0.332. The van der Waals surface area contributed by atoms with Gasteiger partial charge in [-0.2, -0.15) is 0 Å². The van der Waals surface area contributed by atoms with Crippen molar-refractivity contribution in [3.8, 4) is 0 Å². The zero-order chi connectivity index (χ0) is 17.7. The Labute approximate surface area is 147 Å². The summed E-state index contributed by atoms with van der Waals surface area (Å²) in [4.78, 5) is 11.7. The van der Waals surface area contributed by atoms with Crippen LogP contribution in [0.2, 0.25) is 0 Å². The van der Waals surface area contributed by atoms with Crippen LogP contribution in [0, 0.1) is 5.82 Å². The van der Waals surface area contributed by atoms with Crippen LogP contribution in [-0.4, -0.2) is 21.0 Å². The fraction of sp³-hybridized carbons (Fsp3) is 0.133. The Morgan fingerprint density at radius 1 is 1.21 bits per heavy atom. The number of nitrogens with one attached hydrogen (secondary N) is 2. The molecule has 4 N–H and O–H groups in total. The molecule has 0 aromatic heterocycles. The normalized spacial score (nSPS) is 11.1. The van der Waals surface area contributed by atoms with E-state index < -0.39 is 16.1 Å². The lowest BCUT2D eigenvalue weighted by Crippen LogP contribution is -2.30. The highest BCUT2D eigenvalue weighted by Crippen LogP contribution is 2.17. The number of hydrogen-bond donors (Lipinski definition) is 3. The third-order valence-electron chi connectivity index (χ3n) is 3.10. The molecule has 0 saturated heterocycles. The first-order chi connectivity index (χ1) is 11.3. The van der Waals surface area contributed by atoms with Crippen molar-refractivity contribution >= 4 is 37.7 Å². The zero-order valence-corrected chi connectivity index (χ0v) is 14.8. The maximum Gasteiger partial charge on any atom is 0.319 e. The molecule has 128 valence electrons. The SMILES string of the molecule is NS(=O)(=O)c1cccc(NC(=O)NCCc2ccc(F)c(Br)c2)c1. The summed E-state index contributed by atoms with van der Waals surface area (Å²) in [7, 11) is -3.83. The van der Waals surface area contributed by atoms with Gasteiger partial charge in [0.05, 0.1) is 9.37 Å². The van der Waals surface area contributed by atoms with Gasteiger partial charge < -0.3 is 10.6 Å². The third-order valence-corrected chi connectivity index (χ3v) is 4.62. The molecular weight excluding hydrogens is 401 g/mol. The maximum absolute atomic E-state index is 13.1. The molecule has 0 aliphatic rings. The molecule has 0 atom stereocenters. The number of carbonyl (C=O) groups is 1. The fourth-order valence-corrected chi connectivity index (χ4v) is 2.93. The minimum Gasteiger partial charge on any atom is -0.338 e. The van der Waals surface area contributed by atoms with Crippen LogP contribution in [0.15, 0.2) is 51.8 Å². The number of benzene rings is 2. The molecule has 0 bridgehead atoms. The Bertz CT molecular complexity index is 859. The second kappa shape index (κ2) is 7.73. The van der Waals surface area contributed by atoms with E-state index >= 15 is 0 Å². The molecule has 0 spiro atoms. The molecule has 6 nitrogen and oxygen atoms in total. The number of urea groups is 1. The number of sulfonamides is 1. The summed E-state index contributed by atoms with van der Waals surface area (Å²) in [5, 5.41) is 10.2. The van der Waals surface area contributed by atoms with Crippen molar-refractivity contribution in [3.63, 3.8) is 0 Å². The van der Waals surface area contributed by atoms with Crippen LogP contribution in [0.4, 0.5) is 14.9 Å². The van der Waals surface area contributed by atoms with Gasteiger partial charge in [-0.05, 0) is 58.2 Å². The van der Waals surface area contributed by atoms with Crippen molar-refractivity contribution in [2.24, 2.45) is 5.14 Å². The molecule has 0 saturated carbocycles. The average Bonchev–Trinajstić information content (AvgIpc) is 2.50. The van der Waals surface area contributed by atoms with Gasteiger partial charge in [0.1, 0.15) is 5.82 Å². The quantitative estimate of drug-likeness (QED) is 0.699. The number of hydrogen-bond acceptors (Lipinski definition) is 3. The molecule has 0 fully saturated rings. The monoisotopic (exact) mass is 415 g/mol. The third kappa shape index (κ3) is 5.29.